The summed E-state index contributed by atoms with van der Waals surface area (Å²) in [5.41, 5.74) is 0.848. The molecule has 23 heavy (non-hydrogen) atoms. The normalized spacial score (nSPS) is 18.4. The highest BCUT2D eigenvalue weighted by Gasteiger charge is 2.32. The molecule has 0 radical (unpaired) electrons. The van der Waals surface area contributed by atoms with Crippen LogP contribution in [-0.2, 0) is 13.5 Å². The Morgan fingerprint density at radius 2 is 2.35 bits per heavy atom. The van der Waals surface area contributed by atoms with Crippen LogP contribution in [0.5, 0.6) is 0 Å². The van der Waals surface area contributed by atoms with E-state index in [9.17, 15) is 4.79 Å². The van der Waals surface area contributed by atoms with Gasteiger partial charge in [-0.2, -0.15) is 0 Å². The van der Waals surface area contributed by atoms with Crippen molar-refractivity contribution in [2.24, 2.45) is 7.05 Å². The molecule has 124 valence electrons. The summed E-state index contributed by atoms with van der Waals surface area (Å²) in [6.07, 6.45) is 5.68. The van der Waals surface area contributed by atoms with Crippen molar-refractivity contribution < 1.29 is 4.79 Å². The van der Waals surface area contributed by atoms with Gasteiger partial charge in [0.2, 0.25) is 0 Å². The molecule has 1 N–H and O–H groups in total. The van der Waals surface area contributed by atoms with Gasteiger partial charge in [-0.1, -0.05) is 6.92 Å². The van der Waals surface area contributed by atoms with E-state index in [1.807, 2.05) is 29.6 Å². The molecule has 6 nitrogen and oxygen atoms in total. The molecule has 1 aliphatic heterocycles. The van der Waals surface area contributed by atoms with Gasteiger partial charge in [0, 0.05) is 39.1 Å². The van der Waals surface area contributed by atoms with E-state index in [1.165, 1.54) is 11.3 Å². The molecule has 0 aliphatic carbocycles. The third kappa shape index (κ3) is 3.16. The molecule has 7 heteroatoms. The smallest absolute Gasteiger partial charge is 0.266 e. The van der Waals surface area contributed by atoms with Crippen LogP contribution < -0.4 is 5.32 Å². The number of piperazine rings is 1. The highest BCUT2D eigenvalue weighted by molar-refractivity contribution is 7.13. The van der Waals surface area contributed by atoms with Gasteiger partial charge >= 0.3 is 0 Å². The lowest BCUT2D eigenvalue weighted by Gasteiger charge is -2.35. The number of aryl methyl sites for hydroxylation is 3. The van der Waals surface area contributed by atoms with Crippen LogP contribution in [0.3, 0.4) is 0 Å². The summed E-state index contributed by atoms with van der Waals surface area (Å²) in [6, 6.07) is -0.0348. The molecule has 3 heterocycles. The van der Waals surface area contributed by atoms with E-state index < -0.39 is 0 Å². The SMILES string of the molecule is CCCc1nc(C)c(C(=O)N2CCNCC2c2nccn2C)s1. The second-order valence-corrected chi connectivity index (χ2v) is 6.97. The van der Waals surface area contributed by atoms with Gasteiger partial charge in [-0.25, -0.2) is 9.97 Å². The fourth-order valence-corrected chi connectivity index (χ4v) is 4.10. The number of aromatic nitrogens is 3. The zero-order chi connectivity index (χ0) is 16.4. The van der Waals surface area contributed by atoms with Crippen LogP contribution in [0.25, 0.3) is 0 Å². The Hall–Kier alpha value is -1.73. The van der Waals surface area contributed by atoms with Crippen molar-refractivity contribution in [3.8, 4) is 0 Å². The van der Waals surface area contributed by atoms with Crippen molar-refractivity contribution in [2.75, 3.05) is 19.6 Å². The molecule has 0 bridgehead atoms. The molecule has 1 fully saturated rings. The van der Waals surface area contributed by atoms with Crippen molar-refractivity contribution >= 4 is 17.2 Å². The summed E-state index contributed by atoms with van der Waals surface area (Å²) in [5, 5.41) is 4.42. The van der Waals surface area contributed by atoms with Crippen LogP contribution in [0.4, 0.5) is 0 Å². The molecular weight excluding hydrogens is 310 g/mol. The minimum atomic E-state index is -0.0348. The molecular formula is C16H23N5OS. The van der Waals surface area contributed by atoms with Crippen molar-refractivity contribution in [3.05, 3.63) is 33.8 Å². The highest BCUT2D eigenvalue weighted by Crippen LogP contribution is 2.27. The third-order valence-corrected chi connectivity index (χ3v) is 5.36. The summed E-state index contributed by atoms with van der Waals surface area (Å²) in [5.74, 6) is 0.998. The van der Waals surface area contributed by atoms with Gasteiger partial charge in [-0.3, -0.25) is 4.79 Å². The van der Waals surface area contributed by atoms with E-state index in [0.717, 1.165) is 47.3 Å². The minimum absolute atomic E-state index is 0.0348. The van der Waals surface area contributed by atoms with Gasteiger partial charge in [0.1, 0.15) is 16.7 Å². The number of hydrogen-bond donors (Lipinski definition) is 1. The Kier molecular flexibility index (Phi) is 4.77. The Morgan fingerprint density at radius 1 is 1.52 bits per heavy atom. The second-order valence-electron chi connectivity index (χ2n) is 5.89. The first-order chi connectivity index (χ1) is 11.1. The summed E-state index contributed by atoms with van der Waals surface area (Å²) < 4.78 is 1.99. The first-order valence-corrected chi connectivity index (χ1v) is 8.88. The maximum Gasteiger partial charge on any atom is 0.266 e. The topological polar surface area (TPSA) is 63.1 Å². The first kappa shape index (κ1) is 16.1. The van der Waals surface area contributed by atoms with Gasteiger partial charge in [-0.05, 0) is 19.8 Å². The van der Waals surface area contributed by atoms with E-state index >= 15 is 0 Å². The predicted octanol–water partition coefficient (Wildman–Crippen LogP) is 1.92. The zero-order valence-electron chi connectivity index (χ0n) is 13.9. The number of nitrogens with one attached hydrogen (secondary N) is 1. The number of carbonyl (C=O) groups is 1. The Bertz CT molecular complexity index is 692. The van der Waals surface area contributed by atoms with Gasteiger partial charge in [0.15, 0.2) is 0 Å². The fourth-order valence-electron chi connectivity index (χ4n) is 2.98. The summed E-state index contributed by atoms with van der Waals surface area (Å²) >= 11 is 1.54. The third-order valence-electron chi connectivity index (χ3n) is 4.16. The number of nitrogens with zero attached hydrogens (tertiary/aromatic N) is 4. The molecule has 1 aliphatic rings. The zero-order valence-corrected chi connectivity index (χ0v) is 14.7. The molecule has 1 saturated heterocycles. The number of rotatable bonds is 4. The number of thiazole rings is 1. The molecule has 1 atom stereocenters. The second kappa shape index (κ2) is 6.80. The Morgan fingerprint density at radius 3 is 3.04 bits per heavy atom. The first-order valence-electron chi connectivity index (χ1n) is 8.07. The van der Waals surface area contributed by atoms with Crippen LogP contribution in [0.2, 0.25) is 0 Å². The van der Waals surface area contributed by atoms with Crippen LogP contribution in [0.1, 0.15) is 45.6 Å². The van der Waals surface area contributed by atoms with Crippen LogP contribution in [0, 0.1) is 6.92 Å². The highest BCUT2D eigenvalue weighted by atomic mass is 32.1. The lowest BCUT2D eigenvalue weighted by Crippen LogP contribution is -2.49. The lowest BCUT2D eigenvalue weighted by atomic mass is 10.1. The molecule has 0 aromatic carbocycles. The molecule has 1 amide bonds. The number of hydrogen-bond acceptors (Lipinski definition) is 5. The Balaban J connectivity index is 1.88. The summed E-state index contributed by atoms with van der Waals surface area (Å²) in [7, 11) is 1.97. The van der Waals surface area contributed by atoms with E-state index in [2.05, 4.69) is 22.2 Å². The Labute approximate surface area is 140 Å². The number of carbonyl (C=O) groups excluding carboxylic acids is 1. The van der Waals surface area contributed by atoms with Crippen molar-refractivity contribution in [1.82, 2.24) is 24.8 Å². The largest absolute Gasteiger partial charge is 0.336 e. The van der Waals surface area contributed by atoms with Gasteiger partial charge in [0.25, 0.3) is 5.91 Å². The molecule has 2 aromatic rings. The molecule has 0 spiro atoms. The predicted molar refractivity (Wildman–Crippen MR) is 90.7 cm³/mol. The van der Waals surface area contributed by atoms with E-state index in [1.54, 1.807) is 6.20 Å². The lowest BCUT2D eigenvalue weighted by molar-refractivity contribution is 0.0625. The maximum atomic E-state index is 13.1. The van der Waals surface area contributed by atoms with Crippen molar-refractivity contribution in [1.29, 1.82) is 0 Å². The monoisotopic (exact) mass is 333 g/mol. The standard InChI is InChI=1S/C16H23N5OS/c1-4-5-13-19-11(2)14(23-13)16(22)21-9-6-17-10-12(21)15-18-7-8-20(15)3/h7-8,12,17H,4-6,9-10H2,1-3H3. The van der Waals surface area contributed by atoms with Crippen LogP contribution in [0.15, 0.2) is 12.4 Å². The van der Waals surface area contributed by atoms with Crippen molar-refractivity contribution in [3.63, 3.8) is 0 Å². The fraction of sp³-hybridized carbons (Fsp3) is 0.562. The molecule has 3 rings (SSSR count). The van der Waals surface area contributed by atoms with E-state index in [-0.39, 0.29) is 11.9 Å². The van der Waals surface area contributed by atoms with Gasteiger partial charge in [0.05, 0.1) is 10.7 Å². The molecule has 1 unspecified atom stereocenters. The van der Waals surface area contributed by atoms with E-state index in [0.29, 0.717) is 6.54 Å². The van der Waals surface area contributed by atoms with Crippen LogP contribution in [-0.4, -0.2) is 45.0 Å². The van der Waals surface area contributed by atoms with Gasteiger partial charge in [-0.15, -0.1) is 11.3 Å². The van der Waals surface area contributed by atoms with Gasteiger partial charge < -0.3 is 14.8 Å². The minimum Gasteiger partial charge on any atom is -0.336 e. The quantitative estimate of drug-likeness (QED) is 0.928. The average Bonchev–Trinajstić information content (AvgIpc) is 3.13. The van der Waals surface area contributed by atoms with E-state index in [4.69, 9.17) is 0 Å². The van der Waals surface area contributed by atoms with Crippen molar-refractivity contribution in [2.45, 2.75) is 32.7 Å². The number of imidazole rings is 1. The maximum absolute atomic E-state index is 13.1. The average molecular weight is 333 g/mol. The number of amides is 1. The molecule has 2 aromatic heterocycles. The summed E-state index contributed by atoms with van der Waals surface area (Å²) in [4.78, 5) is 24.8. The molecule has 0 saturated carbocycles. The summed E-state index contributed by atoms with van der Waals surface area (Å²) in [6.45, 7) is 6.30. The van der Waals surface area contributed by atoms with Crippen LogP contribution >= 0.6 is 11.3 Å².